The summed E-state index contributed by atoms with van der Waals surface area (Å²) in [6.45, 7) is 0. The highest BCUT2D eigenvalue weighted by atomic mass is 79.9. The predicted molar refractivity (Wildman–Crippen MR) is 52.3 cm³/mol. The van der Waals surface area contributed by atoms with Gasteiger partial charge >= 0.3 is 0 Å². The molecule has 0 saturated carbocycles. The first-order chi connectivity index (χ1) is 4.50. The molecule has 1 aromatic heterocycles. The van der Waals surface area contributed by atoms with Crippen LogP contribution in [-0.2, 0) is 0 Å². The van der Waals surface area contributed by atoms with E-state index in [1.165, 1.54) is 0 Å². The summed E-state index contributed by atoms with van der Waals surface area (Å²) in [5, 5.41) is 4.08. The lowest BCUT2D eigenvalue weighted by Gasteiger charge is -1.59. The quantitative estimate of drug-likeness (QED) is 0.624. The topological polar surface area (TPSA) is 0 Å². The highest BCUT2D eigenvalue weighted by Gasteiger charge is 1.58. The van der Waals surface area contributed by atoms with Crippen LogP contribution in [0, 0.1) is 0 Å². The van der Waals surface area contributed by atoms with Gasteiger partial charge < -0.3 is 0 Å². The normalized spacial score (nSPS) is 7.20. The van der Waals surface area contributed by atoms with E-state index in [4.69, 9.17) is 0 Å². The molecule has 0 bridgehead atoms. The minimum absolute atomic E-state index is 0. The first-order valence-electron chi connectivity index (χ1n) is 2.80. The van der Waals surface area contributed by atoms with Crippen LogP contribution < -0.4 is 0 Å². The number of hydrogen-bond acceptors (Lipinski definition) is 1. The molecule has 0 unspecified atom stereocenters. The molecule has 1 aromatic rings. The van der Waals surface area contributed by atoms with E-state index >= 15 is 0 Å². The van der Waals surface area contributed by atoms with Gasteiger partial charge in [-0.15, -0.1) is 17.0 Å². The summed E-state index contributed by atoms with van der Waals surface area (Å²) in [5.41, 5.74) is 0. The third-order valence-corrected chi connectivity index (χ3v) is 1.50. The van der Waals surface area contributed by atoms with Crippen LogP contribution in [0.25, 0.3) is 0 Å². The molecular formula is C8H9BrS. The van der Waals surface area contributed by atoms with Crippen LogP contribution >= 0.6 is 28.3 Å². The Balaban J connectivity index is 0.000000810. The van der Waals surface area contributed by atoms with Crippen molar-refractivity contribution in [2.75, 3.05) is 0 Å². The molecular weight excluding hydrogens is 208 g/mol. The van der Waals surface area contributed by atoms with Gasteiger partial charge in [-0.2, -0.15) is 11.3 Å². The zero-order valence-electron chi connectivity index (χ0n) is 5.44. The Hall–Kier alpha value is -0.340. The fourth-order valence-corrected chi connectivity index (χ4v) is 0.937. The summed E-state index contributed by atoms with van der Waals surface area (Å²) in [5.74, 6) is 0. The van der Waals surface area contributed by atoms with Gasteiger partial charge in [-0.05, 0) is 10.8 Å². The average Bonchev–Trinajstić information content (AvgIpc) is 2.00. The highest BCUT2D eigenvalue weighted by molar-refractivity contribution is 8.93. The summed E-state index contributed by atoms with van der Waals surface area (Å²) >= 11 is 1.68. The number of hydrogen-bond donors (Lipinski definition) is 0. The largest absolute Gasteiger partial charge is 0.152 e. The molecule has 0 N–H and O–H groups in total. The first kappa shape index (κ1) is 9.66. The zero-order valence-corrected chi connectivity index (χ0v) is 7.96. The maximum atomic E-state index is 2.04. The first-order valence-corrected chi connectivity index (χ1v) is 3.75. The van der Waals surface area contributed by atoms with Crippen molar-refractivity contribution in [3.05, 3.63) is 47.2 Å². The van der Waals surface area contributed by atoms with E-state index in [2.05, 4.69) is 0 Å². The SMILES string of the molecule is Br.c1ccccsccc1. The smallest absolute Gasteiger partial charge is 0.00937 e. The van der Waals surface area contributed by atoms with Gasteiger partial charge in [0.05, 0.1) is 0 Å². The molecule has 0 radical (unpaired) electrons. The Kier molecular flexibility index (Phi) is 6.55. The van der Waals surface area contributed by atoms with E-state index in [1.54, 1.807) is 11.3 Å². The van der Waals surface area contributed by atoms with Gasteiger partial charge in [0.25, 0.3) is 0 Å². The monoisotopic (exact) mass is 216 g/mol. The van der Waals surface area contributed by atoms with E-state index in [0.717, 1.165) is 0 Å². The highest BCUT2D eigenvalue weighted by Crippen LogP contribution is 1.88. The Labute approximate surface area is 75.6 Å². The van der Waals surface area contributed by atoms with Crippen molar-refractivity contribution in [3.8, 4) is 0 Å². The summed E-state index contributed by atoms with van der Waals surface area (Å²) in [6.07, 6.45) is 0. The fraction of sp³-hybridized carbons (Fsp3) is 0. The lowest BCUT2D eigenvalue weighted by molar-refractivity contribution is 1.82. The third kappa shape index (κ3) is 4.53. The van der Waals surface area contributed by atoms with Crippen molar-refractivity contribution in [3.63, 3.8) is 0 Å². The molecule has 2 heteroatoms. The Morgan fingerprint density at radius 3 is 1.50 bits per heavy atom. The molecule has 0 nitrogen and oxygen atoms in total. The van der Waals surface area contributed by atoms with Crippen LogP contribution in [0.3, 0.4) is 0 Å². The van der Waals surface area contributed by atoms with Gasteiger partial charge in [-0.3, -0.25) is 0 Å². The molecule has 1 rings (SSSR count). The van der Waals surface area contributed by atoms with Gasteiger partial charge in [-0.25, -0.2) is 0 Å². The van der Waals surface area contributed by atoms with E-state index in [1.807, 2.05) is 47.2 Å². The predicted octanol–water partition coefficient (Wildman–Crippen LogP) is 3.45. The van der Waals surface area contributed by atoms with Crippen molar-refractivity contribution < 1.29 is 0 Å². The van der Waals surface area contributed by atoms with Crippen LogP contribution in [0.5, 0.6) is 0 Å². The Morgan fingerprint density at radius 1 is 0.600 bits per heavy atom. The summed E-state index contributed by atoms with van der Waals surface area (Å²) in [4.78, 5) is 0. The molecule has 0 saturated heterocycles. The van der Waals surface area contributed by atoms with Crippen LogP contribution in [0.4, 0.5) is 0 Å². The summed E-state index contributed by atoms with van der Waals surface area (Å²) < 4.78 is 0. The third-order valence-electron chi connectivity index (χ3n) is 0.870. The summed E-state index contributed by atoms with van der Waals surface area (Å²) in [7, 11) is 0. The molecule has 0 spiro atoms. The Bertz CT molecular complexity index is 131. The second-order valence-corrected chi connectivity index (χ2v) is 2.38. The minimum Gasteiger partial charge on any atom is -0.152 e. The fourth-order valence-electron chi connectivity index (χ4n) is 0.483. The van der Waals surface area contributed by atoms with Gasteiger partial charge in [-0.1, -0.05) is 36.4 Å². The lowest BCUT2D eigenvalue weighted by Crippen LogP contribution is -1.38. The van der Waals surface area contributed by atoms with Gasteiger partial charge in [0.1, 0.15) is 0 Å². The van der Waals surface area contributed by atoms with E-state index in [0.29, 0.717) is 0 Å². The van der Waals surface area contributed by atoms with Crippen LogP contribution in [0.1, 0.15) is 0 Å². The number of rotatable bonds is 0. The molecule has 54 valence electrons. The second kappa shape index (κ2) is 6.78. The zero-order chi connectivity index (χ0) is 6.36. The van der Waals surface area contributed by atoms with Crippen LogP contribution in [0.2, 0.25) is 0 Å². The molecule has 0 fully saturated rings. The van der Waals surface area contributed by atoms with Crippen molar-refractivity contribution in [2.24, 2.45) is 0 Å². The van der Waals surface area contributed by atoms with Crippen molar-refractivity contribution in [1.29, 1.82) is 0 Å². The maximum Gasteiger partial charge on any atom is -0.00937 e. The molecule has 0 aliphatic carbocycles. The van der Waals surface area contributed by atoms with Gasteiger partial charge in [0.15, 0.2) is 0 Å². The lowest BCUT2D eigenvalue weighted by atomic mass is 10.5. The molecule has 10 heavy (non-hydrogen) atoms. The average molecular weight is 217 g/mol. The van der Waals surface area contributed by atoms with E-state index in [-0.39, 0.29) is 17.0 Å². The van der Waals surface area contributed by atoms with Crippen LogP contribution in [0.15, 0.2) is 47.2 Å². The molecule has 0 aliphatic heterocycles. The van der Waals surface area contributed by atoms with Crippen molar-refractivity contribution in [2.45, 2.75) is 0 Å². The molecule has 0 aromatic carbocycles. The van der Waals surface area contributed by atoms with Gasteiger partial charge in [0, 0.05) is 0 Å². The van der Waals surface area contributed by atoms with Gasteiger partial charge in [0.2, 0.25) is 0 Å². The number of halogens is 1. The van der Waals surface area contributed by atoms with Crippen molar-refractivity contribution >= 4 is 28.3 Å². The van der Waals surface area contributed by atoms with Crippen LogP contribution in [-0.4, -0.2) is 0 Å². The molecule has 0 atom stereocenters. The molecule has 0 amide bonds. The maximum absolute atomic E-state index is 2.04. The minimum atomic E-state index is 0. The summed E-state index contributed by atoms with van der Waals surface area (Å²) in [6, 6.07) is 12.1. The Morgan fingerprint density at radius 2 is 1.00 bits per heavy atom. The second-order valence-electron chi connectivity index (χ2n) is 1.56. The standard InChI is InChI=1S/C8H8S.BrH/c1-2-4-6-8-9-7-5-3-1;/h1-8H;1H. The molecule has 0 aliphatic rings. The van der Waals surface area contributed by atoms with Crippen molar-refractivity contribution in [1.82, 2.24) is 0 Å². The van der Waals surface area contributed by atoms with E-state index in [9.17, 15) is 0 Å². The van der Waals surface area contributed by atoms with E-state index < -0.39 is 0 Å². The molecule has 1 heterocycles.